The van der Waals surface area contributed by atoms with E-state index in [0.29, 0.717) is 10.6 Å². The molecular weight excluding hydrogens is 308 g/mol. The van der Waals surface area contributed by atoms with Crippen molar-refractivity contribution < 1.29 is 19.1 Å². The summed E-state index contributed by atoms with van der Waals surface area (Å²) in [6.07, 6.45) is 1.58. The molecule has 1 aromatic rings. The Hall–Kier alpha value is -2.34. The molecule has 0 spiro atoms. The highest BCUT2D eigenvalue weighted by Crippen LogP contribution is 2.12. The van der Waals surface area contributed by atoms with Crippen LogP contribution in [0.2, 0.25) is 5.02 Å². The van der Waals surface area contributed by atoms with Gasteiger partial charge in [0.15, 0.2) is 6.10 Å². The Bertz CT molecular complexity index is 599. The topological polar surface area (TPSA) is 98.5 Å². The Morgan fingerprint density at radius 1 is 1.32 bits per heavy atom. The number of rotatable bonds is 5. The second-order valence-corrected chi connectivity index (χ2v) is 5.28. The highest BCUT2D eigenvalue weighted by molar-refractivity contribution is 6.30. The summed E-state index contributed by atoms with van der Waals surface area (Å²) >= 11 is 5.83. The Balaban J connectivity index is 2.71. The first-order valence-corrected chi connectivity index (χ1v) is 6.92. The minimum absolute atomic E-state index is 0.317. The monoisotopic (exact) mass is 324 g/mol. The van der Waals surface area contributed by atoms with Gasteiger partial charge in [-0.3, -0.25) is 10.1 Å². The first-order valence-electron chi connectivity index (χ1n) is 6.54. The van der Waals surface area contributed by atoms with E-state index < -0.39 is 24.0 Å². The lowest BCUT2D eigenvalue weighted by Gasteiger charge is -2.18. The maximum atomic E-state index is 11.8. The van der Waals surface area contributed by atoms with E-state index in [1.165, 1.54) is 12.2 Å². The molecule has 0 aromatic heterocycles. The van der Waals surface area contributed by atoms with Crippen LogP contribution in [0.1, 0.15) is 19.4 Å². The van der Waals surface area contributed by atoms with Gasteiger partial charge in [0.05, 0.1) is 0 Å². The predicted molar refractivity (Wildman–Crippen MR) is 82.9 cm³/mol. The fourth-order valence-corrected chi connectivity index (χ4v) is 1.82. The van der Waals surface area contributed by atoms with Crippen molar-refractivity contribution in [2.24, 2.45) is 11.7 Å². The summed E-state index contributed by atoms with van der Waals surface area (Å²) in [5.74, 6) is -1.78. The standard InChI is InChI=1S/C15H17ClN2O4/c1-9(2)13(14(20)18-15(17)21)22-12(19)7-6-10-4-3-5-11(16)8-10/h3-9,13H,1-2H3,(H3,17,18,20,21)/b7-6+/t13-/m1/s1. The molecule has 1 atom stereocenters. The Labute approximate surface area is 133 Å². The molecule has 3 amide bonds. The number of primary amides is 1. The first kappa shape index (κ1) is 17.7. The van der Waals surface area contributed by atoms with Crippen molar-refractivity contribution in [3.8, 4) is 0 Å². The summed E-state index contributed by atoms with van der Waals surface area (Å²) in [5.41, 5.74) is 5.59. The summed E-state index contributed by atoms with van der Waals surface area (Å²) in [5, 5.41) is 2.43. The zero-order valence-corrected chi connectivity index (χ0v) is 13.0. The van der Waals surface area contributed by atoms with Crippen LogP contribution in [-0.4, -0.2) is 24.0 Å². The van der Waals surface area contributed by atoms with Gasteiger partial charge < -0.3 is 10.5 Å². The quantitative estimate of drug-likeness (QED) is 0.640. The van der Waals surface area contributed by atoms with Gasteiger partial charge in [-0.25, -0.2) is 9.59 Å². The minimum Gasteiger partial charge on any atom is -0.449 e. The molecule has 0 bridgehead atoms. The van der Waals surface area contributed by atoms with Gasteiger partial charge in [-0.2, -0.15) is 0 Å². The summed E-state index contributed by atoms with van der Waals surface area (Å²) in [7, 11) is 0. The minimum atomic E-state index is -1.11. The lowest BCUT2D eigenvalue weighted by Crippen LogP contribution is -2.45. The number of urea groups is 1. The molecule has 0 heterocycles. The number of halogens is 1. The fraction of sp³-hybridized carbons (Fsp3) is 0.267. The summed E-state index contributed by atoms with van der Waals surface area (Å²) in [6.45, 7) is 3.36. The van der Waals surface area contributed by atoms with Crippen molar-refractivity contribution in [1.82, 2.24) is 5.32 Å². The van der Waals surface area contributed by atoms with Gasteiger partial charge in [-0.1, -0.05) is 37.6 Å². The molecule has 1 rings (SSSR count). The SMILES string of the molecule is CC(C)[C@@H](OC(=O)/C=C/c1cccc(Cl)c1)C(=O)NC(N)=O. The maximum Gasteiger partial charge on any atom is 0.331 e. The van der Waals surface area contributed by atoms with E-state index in [4.69, 9.17) is 22.1 Å². The molecule has 0 saturated carbocycles. The molecule has 7 heteroatoms. The van der Waals surface area contributed by atoms with Crippen molar-refractivity contribution >= 4 is 35.6 Å². The van der Waals surface area contributed by atoms with E-state index in [0.717, 1.165) is 0 Å². The van der Waals surface area contributed by atoms with Crippen LogP contribution in [0.3, 0.4) is 0 Å². The normalized spacial score (nSPS) is 12.2. The third-order valence-electron chi connectivity index (χ3n) is 2.61. The van der Waals surface area contributed by atoms with E-state index in [-0.39, 0.29) is 5.92 Å². The molecule has 0 radical (unpaired) electrons. The van der Waals surface area contributed by atoms with E-state index in [9.17, 15) is 14.4 Å². The van der Waals surface area contributed by atoms with E-state index >= 15 is 0 Å². The fourth-order valence-electron chi connectivity index (χ4n) is 1.62. The lowest BCUT2D eigenvalue weighted by molar-refractivity contribution is -0.153. The highest BCUT2D eigenvalue weighted by atomic mass is 35.5. The average Bonchev–Trinajstić information content (AvgIpc) is 2.41. The number of carbonyl (C=O) groups is 3. The van der Waals surface area contributed by atoms with Crippen LogP contribution in [0.15, 0.2) is 30.3 Å². The third kappa shape index (κ3) is 5.97. The van der Waals surface area contributed by atoms with Crippen LogP contribution in [0, 0.1) is 5.92 Å². The molecule has 0 aliphatic carbocycles. The van der Waals surface area contributed by atoms with Crippen molar-refractivity contribution in [2.45, 2.75) is 20.0 Å². The van der Waals surface area contributed by atoms with Gasteiger partial charge in [0.1, 0.15) is 0 Å². The Morgan fingerprint density at radius 3 is 2.55 bits per heavy atom. The van der Waals surface area contributed by atoms with Crippen molar-refractivity contribution in [2.75, 3.05) is 0 Å². The maximum absolute atomic E-state index is 11.8. The summed E-state index contributed by atoms with van der Waals surface area (Å²) in [4.78, 5) is 34.2. The summed E-state index contributed by atoms with van der Waals surface area (Å²) in [6, 6.07) is 5.88. The van der Waals surface area contributed by atoms with Crippen LogP contribution in [0.25, 0.3) is 6.08 Å². The van der Waals surface area contributed by atoms with E-state index in [1.54, 1.807) is 38.1 Å². The molecule has 0 saturated heterocycles. The Morgan fingerprint density at radius 2 is 2.00 bits per heavy atom. The number of benzene rings is 1. The largest absolute Gasteiger partial charge is 0.449 e. The number of ether oxygens (including phenoxy) is 1. The predicted octanol–water partition coefficient (Wildman–Crippen LogP) is 2.12. The molecule has 6 nitrogen and oxygen atoms in total. The van der Waals surface area contributed by atoms with Crippen molar-refractivity contribution in [1.29, 1.82) is 0 Å². The number of nitrogens with two attached hydrogens (primary N) is 1. The summed E-state index contributed by atoms with van der Waals surface area (Å²) < 4.78 is 5.05. The smallest absolute Gasteiger partial charge is 0.331 e. The molecule has 22 heavy (non-hydrogen) atoms. The molecule has 0 fully saturated rings. The van der Waals surface area contributed by atoms with E-state index in [2.05, 4.69) is 0 Å². The molecule has 118 valence electrons. The van der Waals surface area contributed by atoms with Crippen LogP contribution in [0.4, 0.5) is 4.79 Å². The van der Waals surface area contributed by atoms with Gasteiger partial charge in [-0.15, -0.1) is 0 Å². The number of hydrogen-bond acceptors (Lipinski definition) is 4. The molecule has 0 unspecified atom stereocenters. The van der Waals surface area contributed by atoms with Crippen LogP contribution >= 0.6 is 11.6 Å². The van der Waals surface area contributed by atoms with Gasteiger partial charge >= 0.3 is 12.0 Å². The number of imide groups is 1. The molecule has 0 aliphatic rings. The van der Waals surface area contributed by atoms with Crippen molar-refractivity contribution in [3.05, 3.63) is 40.9 Å². The lowest BCUT2D eigenvalue weighted by atomic mass is 10.1. The van der Waals surface area contributed by atoms with Crippen molar-refractivity contribution in [3.63, 3.8) is 0 Å². The molecule has 1 aromatic carbocycles. The van der Waals surface area contributed by atoms with Gasteiger partial charge in [0, 0.05) is 11.1 Å². The third-order valence-corrected chi connectivity index (χ3v) is 2.85. The Kier molecular flexibility index (Phi) is 6.59. The van der Waals surface area contributed by atoms with Gasteiger partial charge in [-0.05, 0) is 29.7 Å². The zero-order valence-electron chi connectivity index (χ0n) is 12.2. The molecular formula is C15H17ClN2O4. The first-order chi connectivity index (χ1) is 10.3. The van der Waals surface area contributed by atoms with E-state index in [1.807, 2.05) is 5.32 Å². The highest BCUT2D eigenvalue weighted by Gasteiger charge is 2.26. The molecule has 0 aliphatic heterocycles. The van der Waals surface area contributed by atoms with Crippen LogP contribution in [-0.2, 0) is 14.3 Å². The number of amides is 3. The van der Waals surface area contributed by atoms with Crippen LogP contribution < -0.4 is 11.1 Å². The second kappa shape index (κ2) is 8.19. The molecule has 3 N–H and O–H groups in total. The van der Waals surface area contributed by atoms with Gasteiger partial charge in [0.25, 0.3) is 5.91 Å². The van der Waals surface area contributed by atoms with Crippen LogP contribution in [0.5, 0.6) is 0 Å². The number of hydrogen-bond donors (Lipinski definition) is 2. The number of nitrogens with one attached hydrogen (secondary N) is 1. The second-order valence-electron chi connectivity index (χ2n) is 4.84. The zero-order chi connectivity index (χ0) is 16.7. The number of esters is 1. The average molecular weight is 325 g/mol. The number of carbonyl (C=O) groups excluding carboxylic acids is 3. The van der Waals surface area contributed by atoms with Gasteiger partial charge in [0.2, 0.25) is 0 Å².